The van der Waals surface area contributed by atoms with Crippen molar-refractivity contribution in [2.24, 2.45) is 0 Å². The molecule has 4 rings (SSSR count). The van der Waals surface area contributed by atoms with Gasteiger partial charge in [0.05, 0.1) is 16.7 Å². The number of rotatable bonds is 8. The molecule has 0 saturated heterocycles. The van der Waals surface area contributed by atoms with E-state index in [4.69, 9.17) is 4.98 Å². The lowest BCUT2D eigenvalue weighted by molar-refractivity contribution is -0.129. The lowest BCUT2D eigenvalue weighted by Gasteiger charge is -2.28. The predicted octanol–water partition coefficient (Wildman–Crippen LogP) is 4.65. The Morgan fingerprint density at radius 1 is 1.03 bits per heavy atom. The van der Waals surface area contributed by atoms with Crippen LogP contribution in [0.4, 0.5) is 0 Å². The van der Waals surface area contributed by atoms with Gasteiger partial charge in [0.25, 0.3) is 5.56 Å². The van der Waals surface area contributed by atoms with E-state index in [0.717, 1.165) is 38.6 Å². The Bertz CT molecular complexity index is 1130. The van der Waals surface area contributed by atoms with Gasteiger partial charge in [-0.3, -0.25) is 14.2 Å². The minimum atomic E-state index is -0.0102. The molecule has 0 atom stereocenters. The third kappa shape index (κ3) is 5.01. The van der Waals surface area contributed by atoms with Crippen molar-refractivity contribution < 1.29 is 4.79 Å². The smallest absolute Gasteiger partial charge is 0.262 e. The maximum absolute atomic E-state index is 13.1. The molecule has 0 spiro atoms. The van der Waals surface area contributed by atoms with Gasteiger partial charge in [-0.05, 0) is 36.1 Å². The van der Waals surface area contributed by atoms with Crippen molar-refractivity contribution in [2.45, 2.75) is 57.3 Å². The van der Waals surface area contributed by atoms with Gasteiger partial charge in [0.2, 0.25) is 5.91 Å². The van der Waals surface area contributed by atoms with Crippen LogP contribution < -0.4 is 5.56 Å². The lowest BCUT2D eigenvalue weighted by Crippen LogP contribution is -2.37. The van der Waals surface area contributed by atoms with Crippen LogP contribution in [-0.4, -0.2) is 32.7 Å². The second-order valence-electron chi connectivity index (χ2n) is 8.05. The molecule has 5 nitrogen and oxygen atoms in total. The molecule has 2 aromatic carbocycles. The number of amides is 1. The van der Waals surface area contributed by atoms with Crippen molar-refractivity contribution >= 4 is 28.6 Å². The zero-order chi connectivity index (χ0) is 21.6. The summed E-state index contributed by atoms with van der Waals surface area (Å²) in [7, 11) is 0. The van der Waals surface area contributed by atoms with Crippen molar-refractivity contribution in [1.29, 1.82) is 0 Å². The summed E-state index contributed by atoms with van der Waals surface area (Å²) in [4.78, 5) is 32.7. The molecular formula is C25H29N3O2S. The van der Waals surface area contributed by atoms with E-state index >= 15 is 0 Å². The molecule has 162 valence electrons. The largest absolute Gasteiger partial charge is 0.337 e. The zero-order valence-corrected chi connectivity index (χ0v) is 18.9. The van der Waals surface area contributed by atoms with E-state index in [0.29, 0.717) is 34.9 Å². The summed E-state index contributed by atoms with van der Waals surface area (Å²) in [5.74, 6) is 0.390. The van der Waals surface area contributed by atoms with E-state index in [1.807, 2.05) is 35.2 Å². The Kier molecular flexibility index (Phi) is 7.07. The maximum atomic E-state index is 13.1. The van der Waals surface area contributed by atoms with Gasteiger partial charge in [-0.2, -0.15) is 0 Å². The molecule has 1 aromatic heterocycles. The van der Waals surface area contributed by atoms with E-state index in [1.165, 1.54) is 22.9 Å². The highest BCUT2D eigenvalue weighted by Crippen LogP contribution is 2.22. The average molecular weight is 436 g/mol. The second-order valence-corrected chi connectivity index (χ2v) is 8.99. The van der Waals surface area contributed by atoms with E-state index in [9.17, 15) is 9.59 Å². The summed E-state index contributed by atoms with van der Waals surface area (Å²) in [6, 6.07) is 15.8. The van der Waals surface area contributed by atoms with E-state index < -0.39 is 0 Å². The fourth-order valence-corrected chi connectivity index (χ4v) is 5.01. The third-order valence-corrected chi connectivity index (χ3v) is 6.83. The summed E-state index contributed by atoms with van der Waals surface area (Å²) >= 11 is 1.38. The van der Waals surface area contributed by atoms with Crippen LogP contribution in [0.1, 0.15) is 43.7 Å². The summed E-state index contributed by atoms with van der Waals surface area (Å²) in [5, 5.41) is 1.28. The standard InChI is InChI=1S/C25H29N3O2S/c1-2-3-4-9-15-28-24(30)21-12-7-8-13-22(21)26-25(28)31-18-23(29)27-16-14-19-10-5-6-11-20(19)17-27/h5-8,10-13H,2-4,9,14-18H2,1H3. The molecule has 31 heavy (non-hydrogen) atoms. The molecule has 1 amide bonds. The summed E-state index contributed by atoms with van der Waals surface area (Å²) in [6.45, 7) is 4.22. The molecule has 1 aliphatic rings. The molecule has 2 heterocycles. The van der Waals surface area contributed by atoms with Gasteiger partial charge in [-0.25, -0.2) is 4.98 Å². The van der Waals surface area contributed by atoms with Crippen LogP contribution in [-0.2, 0) is 24.3 Å². The monoisotopic (exact) mass is 435 g/mol. The zero-order valence-electron chi connectivity index (χ0n) is 18.0. The molecular weight excluding hydrogens is 406 g/mol. The molecule has 0 unspecified atom stereocenters. The van der Waals surface area contributed by atoms with Crippen molar-refractivity contribution in [3.8, 4) is 0 Å². The first-order valence-electron chi connectivity index (χ1n) is 11.1. The Balaban J connectivity index is 1.50. The highest BCUT2D eigenvalue weighted by atomic mass is 32.2. The van der Waals surface area contributed by atoms with Crippen LogP contribution in [0.25, 0.3) is 10.9 Å². The average Bonchev–Trinajstić information content (AvgIpc) is 2.81. The first-order chi connectivity index (χ1) is 15.2. The third-order valence-electron chi connectivity index (χ3n) is 5.87. The van der Waals surface area contributed by atoms with Crippen LogP contribution in [0.15, 0.2) is 58.5 Å². The summed E-state index contributed by atoms with van der Waals surface area (Å²) in [5.41, 5.74) is 3.24. The summed E-state index contributed by atoms with van der Waals surface area (Å²) < 4.78 is 1.77. The second kappa shape index (κ2) is 10.1. The van der Waals surface area contributed by atoms with Crippen molar-refractivity contribution in [1.82, 2.24) is 14.5 Å². The van der Waals surface area contributed by atoms with Gasteiger partial charge in [-0.1, -0.05) is 74.3 Å². The van der Waals surface area contributed by atoms with Gasteiger partial charge in [-0.15, -0.1) is 0 Å². The number of unbranched alkanes of at least 4 members (excludes halogenated alkanes) is 3. The number of benzene rings is 2. The Morgan fingerprint density at radius 3 is 2.65 bits per heavy atom. The SMILES string of the molecule is CCCCCCn1c(SCC(=O)N2CCc3ccccc3C2)nc2ccccc2c1=O. The molecule has 3 aromatic rings. The van der Waals surface area contributed by atoms with Crippen molar-refractivity contribution in [3.63, 3.8) is 0 Å². The van der Waals surface area contributed by atoms with Crippen molar-refractivity contribution in [2.75, 3.05) is 12.3 Å². The molecule has 0 saturated carbocycles. The summed E-state index contributed by atoms with van der Waals surface area (Å²) in [6.07, 6.45) is 5.24. The molecule has 1 aliphatic heterocycles. The highest BCUT2D eigenvalue weighted by molar-refractivity contribution is 7.99. The highest BCUT2D eigenvalue weighted by Gasteiger charge is 2.21. The number of hydrogen-bond donors (Lipinski definition) is 0. The topological polar surface area (TPSA) is 55.2 Å². The molecule has 6 heteroatoms. The number of nitrogens with zero attached hydrogens (tertiary/aromatic N) is 3. The number of thioether (sulfide) groups is 1. The normalized spacial score (nSPS) is 13.4. The van der Waals surface area contributed by atoms with Gasteiger partial charge < -0.3 is 4.90 Å². The molecule has 0 aliphatic carbocycles. The van der Waals surface area contributed by atoms with E-state index in [-0.39, 0.29) is 11.5 Å². The van der Waals surface area contributed by atoms with E-state index in [2.05, 4.69) is 25.1 Å². The molecule has 0 bridgehead atoms. The minimum Gasteiger partial charge on any atom is -0.337 e. The fourth-order valence-electron chi connectivity index (χ4n) is 4.08. The Morgan fingerprint density at radius 2 is 1.81 bits per heavy atom. The lowest BCUT2D eigenvalue weighted by atomic mass is 10.00. The van der Waals surface area contributed by atoms with Gasteiger partial charge in [0.1, 0.15) is 0 Å². The molecule has 0 N–H and O–H groups in total. The Labute approximate surface area is 187 Å². The van der Waals surface area contributed by atoms with Crippen LogP contribution in [0.3, 0.4) is 0 Å². The fraction of sp³-hybridized carbons (Fsp3) is 0.400. The van der Waals surface area contributed by atoms with Crippen LogP contribution in [0, 0.1) is 0 Å². The predicted molar refractivity (Wildman–Crippen MR) is 126 cm³/mol. The number of carbonyl (C=O) groups excluding carboxylic acids is 1. The first kappa shape index (κ1) is 21.6. The van der Waals surface area contributed by atoms with Crippen LogP contribution >= 0.6 is 11.8 Å². The number of fused-ring (bicyclic) bond motifs is 2. The molecule has 0 radical (unpaired) electrons. The van der Waals surface area contributed by atoms with E-state index in [1.54, 1.807) is 4.57 Å². The van der Waals surface area contributed by atoms with Crippen molar-refractivity contribution in [3.05, 3.63) is 70.0 Å². The maximum Gasteiger partial charge on any atom is 0.262 e. The number of para-hydroxylation sites is 1. The quantitative estimate of drug-likeness (QED) is 0.294. The van der Waals surface area contributed by atoms with Gasteiger partial charge >= 0.3 is 0 Å². The molecule has 0 fully saturated rings. The number of carbonyl (C=O) groups is 1. The van der Waals surface area contributed by atoms with Gasteiger partial charge in [0.15, 0.2) is 5.16 Å². The minimum absolute atomic E-state index is 0.0102. The first-order valence-corrected chi connectivity index (χ1v) is 12.1. The number of hydrogen-bond acceptors (Lipinski definition) is 4. The van der Waals surface area contributed by atoms with Crippen LogP contribution in [0.2, 0.25) is 0 Å². The van der Waals surface area contributed by atoms with Gasteiger partial charge in [0, 0.05) is 19.6 Å². The van der Waals surface area contributed by atoms with Crippen LogP contribution in [0.5, 0.6) is 0 Å². The Hall–Kier alpha value is -2.60. The number of aromatic nitrogens is 2.